The van der Waals surface area contributed by atoms with E-state index in [1.165, 1.54) is 6.07 Å². The van der Waals surface area contributed by atoms with Crippen molar-refractivity contribution in [3.05, 3.63) is 23.8 Å². The molecule has 0 aliphatic heterocycles. The number of hydrogen-bond acceptors (Lipinski definition) is 3. The van der Waals surface area contributed by atoms with Crippen LogP contribution < -0.4 is 10.1 Å². The highest BCUT2D eigenvalue weighted by Crippen LogP contribution is 2.47. The van der Waals surface area contributed by atoms with E-state index in [1.807, 2.05) is 0 Å². The van der Waals surface area contributed by atoms with E-state index in [0.717, 1.165) is 12.1 Å². The van der Waals surface area contributed by atoms with Gasteiger partial charge in [0.25, 0.3) is 0 Å². The van der Waals surface area contributed by atoms with Crippen molar-refractivity contribution in [3.63, 3.8) is 0 Å². The van der Waals surface area contributed by atoms with Gasteiger partial charge >= 0.3 is 12.1 Å². The lowest BCUT2D eigenvalue weighted by Gasteiger charge is -2.16. The van der Waals surface area contributed by atoms with E-state index in [1.54, 1.807) is 13.8 Å². The van der Waals surface area contributed by atoms with Gasteiger partial charge in [0.1, 0.15) is 11.2 Å². The van der Waals surface area contributed by atoms with Crippen molar-refractivity contribution in [2.24, 2.45) is 5.41 Å². The van der Waals surface area contributed by atoms with Crippen molar-refractivity contribution >= 4 is 17.6 Å². The molecular formula is C15H16F3NO4. The summed E-state index contributed by atoms with van der Waals surface area (Å²) in [6, 6.07) is 2.83. The number of rotatable bonds is 5. The number of ether oxygens (including phenoxy) is 1. The van der Waals surface area contributed by atoms with Crippen LogP contribution in [-0.4, -0.2) is 23.1 Å². The van der Waals surface area contributed by atoms with E-state index in [0.29, 0.717) is 0 Å². The third kappa shape index (κ3) is 3.75. The number of alkyl halides is 3. The zero-order valence-electron chi connectivity index (χ0n) is 12.5. The van der Waals surface area contributed by atoms with Gasteiger partial charge in [0.2, 0.25) is 5.91 Å². The summed E-state index contributed by atoms with van der Waals surface area (Å²) in [5, 5.41) is 11.3. The minimum atomic E-state index is -4.61. The van der Waals surface area contributed by atoms with Crippen molar-refractivity contribution in [2.75, 3.05) is 5.32 Å². The standard InChI is InChI=1S/C15H16F3NO4/c1-8(2)23-11-6-9(15(16,17)18)5-10(7-11)19-12(20)14(3-4-14)13(21)22/h5-8H,3-4H2,1-2H3,(H,19,20)(H,21,22). The van der Waals surface area contributed by atoms with E-state index < -0.39 is 29.0 Å². The van der Waals surface area contributed by atoms with E-state index in [4.69, 9.17) is 9.84 Å². The summed E-state index contributed by atoms with van der Waals surface area (Å²) in [5.74, 6) is -2.15. The number of anilines is 1. The minimum absolute atomic E-state index is 0.0507. The average molecular weight is 331 g/mol. The molecule has 2 rings (SSSR count). The molecule has 0 spiro atoms. The largest absolute Gasteiger partial charge is 0.491 e. The highest BCUT2D eigenvalue weighted by molar-refractivity contribution is 6.10. The van der Waals surface area contributed by atoms with Crippen LogP contribution in [0.25, 0.3) is 0 Å². The van der Waals surface area contributed by atoms with Crippen LogP contribution in [0.2, 0.25) is 0 Å². The highest BCUT2D eigenvalue weighted by Gasteiger charge is 2.57. The van der Waals surface area contributed by atoms with E-state index >= 15 is 0 Å². The van der Waals surface area contributed by atoms with Crippen LogP contribution in [0.3, 0.4) is 0 Å². The molecule has 0 atom stereocenters. The van der Waals surface area contributed by atoms with Crippen molar-refractivity contribution < 1.29 is 32.6 Å². The summed E-state index contributed by atoms with van der Waals surface area (Å²) in [7, 11) is 0. The number of amides is 1. The first-order valence-corrected chi connectivity index (χ1v) is 6.98. The molecule has 0 unspecified atom stereocenters. The summed E-state index contributed by atoms with van der Waals surface area (Å²) in [4.78, 5) is 23.1. The number of carboxylic acid groups (broad SMARTS) is 1. The summed E-state index contributed by atoms with van der Waals surface area (Å²) in [6.45, 7) is 3.31. The van der Waals surface area contributed by atoms with Gasteiger partial charge in [0, 0.05) is 11.8 Å². The summed E-state index contributed by atoms with van der Waals surface area (Å²) >= 11 is 0. The van der Waals surface area contributed by atoms with Gasteiger partial charge in [-0.15, -0.1) is 0 Å². The molecular weight excluding hydrogens is 315 g/mol. The van der Waals surface area contributed by atoms with Crippen LogP contribution in [0.15, 0.2) is 18.2 Å². The van der Waals surface area contributed by atoms with Gasteiger partial charge in [-0.1, -0.05) is 0 Å². The van der Waals surface area contributed by atoms with E-state index in [9.17, 15) is 22.8 Å². The lowest BCUT2D eigenvalue weighted by atomic mass is 10.1. The van der Waals surface area contributed by atoms with Crippen molar-refractivity contribution in [2.45, 2.75) is 39.0 Å². The summed E-state index contributed by atoms with van der Waals surface area (Å²) in [6.07, 6.45) is -4.62. The third-order valence-corrected chi connectivity index (χ3v) is 3.46. The Balaban J connectivity index is 2.30. The number of carboxylic acids is 1. The second-order valence-electron chi connectivity index (χ2n) is 5.75. The van der Waals surface area contributed by atoms with Crippen molar-refractivity contribution in [3.8, 4) is 5.75 Å². The van der Waals surface area contributed by atoms with E-state index in [-0.39, 0.29) is 30.4 Å². The van der Waals surface area contributed by atoms with Gasteiger partial charge in [-0.25, -0.2) is 0 Å². The molecule has 1 aliphatic carbocycles. The Morgan fingerprint density at radius 1 is 1.26 bits per heavy atom. The Morgan fingerprint density at radius 2 is 1.87 bits per heavy atom. The Kier molecular flexibility index (Phi) is 4.28. The molecule has 1 aromatic rings. The number of carbonyl (C=O) groups excluding carboxylic acids is 1. The fourth-order valence-electron chi connectivity index (χ4n) is 2.09. The molecule has 1 aliphatic rings. The molecule has 126 valence electrons. The van der Waals surface area contributed by atoms with Gasteiger partial charge in [0.15, 0.2) is 0 Å². The maximum Gasteiger partial charge on any atom is 0.416 e. The minimum Gasteiger partial charge on any atom is -0.491 e. The predicted octanol–water partition coefficient (Wildman–Crippen LogP) is 3.30. The molecule has 0 aromatic heterocycles. The number of hydrogen-bond donors (Lipinski definition) is 2. The first-order chi connectivity index (χ1) is 10.5. The number of aliphatic carboxylic acids is 1. The fraction of sp³-hybridized carbons (Fsp3) is 0.467. The molecule has 1 amide bonds. The Bertz CT molecular complexity index is 636. The van der Waals surface area contributed by atoms with Crippen LogP contribution in [0.5, 0.6) is 5.75 Å². The lowest BCUT2D eigenvalue weighted by molar-refractivity contribution is -0.147. The van der Waals surface area contributed by atoms with Crippen LogP contribution in [0.1, 0.15) is 32.3 Å². The summed E-state index contributed by atoms with van der Waals surface area (Å²) in [5.41, 5.74) is -2.66. The van der Waals surface area contributed by atoms with E-state index in [2.05, 4.69) is 5.32 Å². The number of halogens is 3. The number of carbonyl (C=O) groups is 2. The van der Waals surface area contributed by atoms with Gasteiger partial charge in [-0.05, 0) is 38.8 Å². The molecule has 0 radical (unpaired) electrons. The maximum absolute atomic E-state index is 12.9. The van der Waals surface area contributed by atoms with Gasteiger partial charge in [0.05, 0.1) is 11.7 Å². The summed E-state index contributed by atoms with van der Waals surface area (Å²) < 4.78 is 44.1. The number of nitrogens with one attached hydrogen (secondary N) is 1. The predicted molar refractivity (Wildman–Crippen MR) is 75.1 cm³/mol. The molecule has 2 N–H and O–H groups in total. The maximum atomic E-state index is 12.9. The first kappa shape index (κ1) is 17.1. The zero-order valence-corrected chi connectivity index (χ0v) is 12.5. The van der Waals surface area contributed by atoms with Crippen LogP contribution in [0.4, 0.5) is 18.9 Å². The topological polar surface area (TPSA) is 75.6 Å². The molecule has 5 nitrogen and oxygen atoms in total. The van der Waals surface area contributed by atoms with Gasteiger partial charge in [-0.2, -0.15) is 13.2 Å². The van der Waals surface area contributed by atoms with Gasteiger partial charge < -0.3 is 15.2 Å². The molecule has 1 saturated carbocycles. The normalized spacial score (nSPS) is 16.1. The SMILES string of the molecule is CC(C)Oc1cc(NC(=O)C2(C(=O)O)CC2)cc(C(F)(F)F)c1. The highest BCUT2D eigenvalue weighted by atomic mass is 19.4. The molecule has 0 bridgehead atoms. The third-order valence-electron chi connectivity index (χ3n) is 3.46. The zero-order chi connectivity index (χ0) is 17.4. The van der Waals surface area contributed by atoms with Crippen LogP contribution in [0, 0.1) is 5.41 Å². The Labute approximate surface area is 130 Å². The first-order valence-electron chi connectivity index (χ1n) is 6.98. The van der Waals surface area contributed by atoms with Crippen molar-refractivity contribution in [1.82, 2.24) is 0 Å². The quantitative estimate of drug-likeness (QED) is 0.812. The Morgan fingerprint density at radius 3 is 2.30 bits per heavy atom. The second-order valence-corrected chi connectivity index (χ2v) is 5.75. The Hall–Kier alpha value is -2.25. The molecule has 1 aromatic carbocycles. The van der Waals surface area contributed by atoms with Gasteiger partial charge in [-0.3, -0.25) is 9.59 Å². The molecule has 8 heteroatoms. The molecule has 0 saturated heterocycles. The lowest BCUT2D eigenvalue weighted by Crippen LogP contribution is -2.31. The van der Waals surface area contributed by atoms with Crippen molar-refractivity contribution in [1.29, 1.82) is 0 Å². The average Bonchev–Trinajstić information content (AvgIpc) is 3.17. The van der Waals surface area contributed by atoms with Crippen LogP contribution in [-0.2, 0) is 15.8 Å². The smallest absolute Gasteiger partial charge is 0.416 e. The molecule has 0 heterocycles. The second kappa shape index (κ2) is 5.75. The molecule has 23 heavy (non-hydrogen) atoms. The molecule has 1 fully saturated rings. The monoisotopic (exact) mass is 331 g/mol. The fourth-order valence-corrected chi connectivity index (χ4v) is 2.09. The number of benzene rings is 1. The van der Waals surface area contributed by atoms with Crippen LogP contribution >= 0.6 is 0 Å².